The van der Waals surface area contributed by atoms with Crippen LogP contribution in [-0.4, -0.2) is 19.3 Å². The molecule has 0 fully saturated rings. The van der Waals surface area contributed by atoms with Crippen molar-refractivity contribution in [1.82, 2.24) is 19.3 Å². The standard InChI is InChI=1S/C49H54N4O.Pt/c1-33(15-14-26-48(4,5)6)38-20-23-44-43(30-38)42-22-21-41(32-45(42)52(44)46-29-36(25-28-50-46)24-27-49(7,8)9)54-40-19-13-18-39(31-40)53-35(3)47(34(2)51-53)37-16-11-10-12-17-37;/h10-13,16-23,25,28-30,33H,14-15,24,26-27H2,1-9H3;/q-2;+2. The molecule has 7 rings (SSSR count). The van der Waals surface area contributed by atoms with Gasteiger partial charge < -0.3 is 9.30 Å². The fraction of sp³-hybridized carbons (Fsp3) is 0.347. The number of hydrogen-bond acceptors (Lipinski definition) is 3. The van der Waals surface area contributed by atoms with Gasteiger partial charge in [0.15, 0.2) is 0 Å². The van der Waals surface area contributed by atoms with Crippen LogP contribution in [0.3, 0.4) is 0 Å². The zero-order valence-electron chi connectivity index (χ0n) is 33.9. The fourth-order valence-corrected chi connectivity index (χ4v) is 7.55. The number of pyridine rings is 1. The maximum atomic E-state index is 6.54. The van der Waals surface area contributed by atoms with E-state index in [0.29, 0.717) is 22.8 Å². The minimum Gasteiger partial charge on any atom is -0.509 e. The monoisotopic (exact) mass is 909 g/mol. The summed E-state index contributed by atoms with van der Waals surface area (Å²) in [4.78, 5) is 4.93. The molecule has 0 aliphatic carbocycles. The van der Waals surface area contributed by atoms with Gasteiger partial charge in [-0.05, 0) is 102 Å². The van der Waals surface area contributed by atoms with Crippen molar-refractivity contribution in [2.75, 3.05) is 0 Å². The van der Waals surface area contributed by atoms with E-state index in [2.05, 4.69) is 140 Å². The predicted molar refractivity (Wildman–Crippen MR) is 224 cm³/mol. The van der Waals surface area contributed by atoms with E-state index in [0.717, 1.165) is 63.3 Å². The Morgan fingerprint density at radius 1 is 0.764 bits per heavy atom. The molecule has 0 saturated heterocycles. The summed E-state index contributed by atoms with van der Waals surface area (Å²) in [6, 6.07) is 39.1. The van der Waals surface area contributed by atoms with Crippen LogP contribution in [0.1, 0.15) is 103 Å². The van der Waals surface area contributed by atoms with Gasteiger partial charge in [-0.1, -0.05) is 103 Å². The molecule has 0 saturated carbocycles. The molecule has 0 spiro atoms. The van der Waals surface area contributed by atoms with Crippen LogP contribution in [0.4, 0.5) is 0 Å². The average Bonchev–Trinajstić information content (AvgIpc) is 3.62. The largest absolute Gasteiger partial charge is 2.00 e. The molecule has 0 radical (unpaired) electrons. The molecule has 0 amide bonds. The summed E-state index contributed by atoms with van der Waals surface area (Å²) in [5.41, 5.74) is 10.5. The molecule has 6 heteroatoms. The summed E-state index contributed by atoms with van der Waals surface area (Å²) in [7, 11) is 0. The molecular formula is C49H54N4OPt. The zero-order chi connectivity index (χ0) is 38.2. The molecule has 55 heavy (non-hydrogen) atoms. The van der Waals surface area contributed by atoms with Gasteiger partial charge in [0.1, 0.15) is 5.82 Å². The second kappa shape index (κ2) is 16.3. The average molecular weight is 910 g/mol. The van der Waals surface area contributed by atoms with Gasteiger partial charge in [-0.15, -0.1) is 35.7 Å². The van der Waals surface area contributed by atoms with E-state index in [9.17, 15) is 0 Å². The quantitative estimate of drug-likeness (QED) is 0.122. The number of fused-ring (bicyclic) bond motifs is 3. The number of nitrogens with zero attached hydrogens (tertiary/aromatic N) is 4. The maximum Gasteiger partial charge on any atom is 2.00 e. The van der Waals surface area contributed by atoms with Crippen LogP contribution in [0.2, 0.25) is 0 Å². The molecule has 286 valence electrons. The summed E-state index contributed by atoms with van der Waals surface area (Å²) in [6.45, 7) is 20.4. The Bertz CT molecular complexity index is 2410. The zero-order valence-corrected chi connectivity index (χ0v) is 36.1. The Balaban J connectivity index is 0.00000514. The van der Waals surface area contributed by atoms with Crippen molar-refractivity contribution in [1.29, 1.82) is 0 Å². The number of aryl methyl sites for hydroxylation is 2. The minimum absolute atomic E-state index is 0. The first-order valence-corrected chi connectivity index (χ1v) is 19.5. The SMILES string of the molecule is Cc1nn(-c2[c-]c(Oc3[c-]c4c(cc3)c3cc(C(C)CCCC(C)(C)C)ccc3n4-c3cc(CCC(C)(C)C)ccn3)ccc2)c(C)c1-c1ccccc1.[Pt+2]. The first kappa shape index (κ1) is 40.2. The molecule has 5 nitrogen and oxygen atoms in total. The molecule has 4 aromatic carbocycles. The Hall–Kier alpha value is -4.47. The van der Waals surface area contributed by atoms with Crippen LogP contribution in [0, 0.1) is 36.8 Å². The number of rotatable bonds is 11. The first-order valence-electron chi connectivity index (χ1n) is 19.5. The minimum atomic E-state index is 0. The molecule has 1 unspecified atom stereocenters. The van der Waals surface area contributed by atoms with Crippen LogP contribution in [0.15, 0.2) is 97.2 Å². The third kappa shape index (κ3) is 9.16. The normalized spacial score (nSPS) is 12.6. The van der Waals surface area contributed by atoms with Gasteiger partial charge in [-0.3, -0.25) is 4.68 Å². The molecule has 3 aromatic heterocycles. The molecule has 0 aliphatic heterocycles. The number of ether oxygens (including phenoxy) is 1. The van der Waals surface area contributed by atoms with Gasteiger partial charge in [0.05, 0.1) is 5.69 Å². The topological polar surface area (TPSA) is 44.9 Å². The van der Waals surface area contributed by atoms with Gasteiger partial charge in [0, 0.05) is 34.5 Å². The van der Waals surface area contributed by atoms with Gasteiger partial charge in [0.25, 0.3) is 0 Å². The van der Waals surface area contributed by atoms with Crippen LogP contribution in [0.25, 0.3) is 44.4 Å². The Kier molecular flexibility index (Phi) is 11.9. The van der Waals surface area contributed by atoms with Crippen LogP contribution >= 0.6 is 0 Å². The van der Waals surface area contributed by atoms with Crippen molar-refractivity contribution >= 4 is 21.8 Å². The Morgan fingerprint density at radius 2 is 1.51 bits per heavy atom. The molecule has 3 heterocycles. The van der Waals surface area contributed by atoms with Crippen molar-refractivity contribution in [3.8, 4) is 34.1 Å². The summed E-state index contributed by atoms with van der Waals surface area (Å²) in [5.74, 6) is 2.59. The third-order valence-corrected chi connectivity index (χ3v) is 10.6. The van der Waals surface area contributed by atoms with Gasteiger partial charge in [-0.2, -0.15) is 17.2 Å². The number of hydrogen-bond donors (Lipinski definition) is 0. The van der Waals surface area contributed by atoms with Crippen LogP contribution in [-0.2, 0) is 27.5 Å². The van der Waals surface area contributed by atoms with Gasteiger partial charge in [-0.25, -0.2) is 4.98 Å². The number of aromatic nitrogens is 4. The van der Waals surface area contributed by atoms with Crippen molar-refractivity contribution in [2.45, 2.75) is 100 Å². The fourth-order valence-electron chi connectivity index (χ4n) is 7.55. The molecule has 1 atom stereocenters. The smallest absolute Gasteiger partial charge is 0.509 e. The van der Waals surface area contributed by atoms with Crippen LogP contribution < -0.4 is 4.74 Å². The molecule has 0 bridgehead atoms. The number of benzene rings is 4. The predicted octanol–water partition coefficient (Wildman–Crippen LogP) is 13.3. The molecule has 7 aromatic rings. The van der Waals surface area contributed by atoms with Crippen molar-refractivity contribution in [2.24, 2.45) is 10.8 Å². The third-order valence-electron chi connectivity index (χ3n) is 10.6. The van der Waals surface area contributed by atoms with E-state index in [-0.39, 0.29) is 26.5 Å². The molecule has 0 N–H and O–H groups in total. The van der Waals surface area contributed by atoms with E-state index in [4.69, 9.17) is 14.8 Å². The Labute approximate surface area is 342 Å². The summed E-state index contributed by atoms with van der Waals surface area (Å²) < 4.78 is 10.8. The second-order valence-corrected chi connectivity index (χ2v) is 17.5. The summed E-state index contributed by atoms with van der Waals surface area (Å²) in [6.07, 6.45) is 7.66. The van der Waals surface area contributed by atoms with Crippen molar-refractivity contribution < 1.29 is 25.8 Å². The van der Waals surface area contributed by atoms with E-state index >= 15 is 0 Å². The molecular weight excluding hydrogens is 856 g/mol. The van der Waals surface area contributed by atoms with Gasteiger partial charge >= 0.3 is 21.1 Å². The van der Waals surface area contributed by atoms with Crippen LogP contribution in [0.5, 0.6) is 11.5 Å². The van der Waals surface area contributed by atoms with Crippen molar-refractivity contribution in [3.05, 3.63) is 132 Å². The Morgan fingerprint density at radius 3 is 2.25 bits per heavy atom. The van der Waals surface area contributed by atoms with E-state index < -0.39 is 0 Å². The molecule has 0 aliphatic rings. The summed E-state index contributed by atoms with van der Waals surface area (Å²) >= 11 is 0. The first-order chi connectivity index (χ1) is 25.7. The van der Waals surface area contributed by atoms with Crippen molar-refractivity contribution in [3.63, 3.8) is 0 Å². The summed E-state index contributed by atoms with van der Waals surface area (Å²) in [5, 5.41) is 7.25. The second-order valence-electron chi connectivity index (χ2n) is 17.5. The maximum absolute atomic E-state index is 6.54. The van der Waals surface area contributed by atoms with E-state index in [1.54, 1.807) is 0 Å². The van der Waals surface area contributed by atoms with Gasteiger partial charge in [0.2, 0.25) is 0 Å². The van der Waals surface area contributed by atoms with E-state index in [1.165, 1.54) is 35.8 Å². The van der Waals surface area contributed by atoms with E-state index in [1.807, 2.05) is 41.2 Å².